The molecule has 2 atom stereocenters. The Hall–Kier alpha value is -1.70. The van der Waals surface area contributed by atoms with Gasteiger partial charge in [-0.25, -0.2) is 0 Å². The van der Waals surface area contributed by atoms with E-state index in [2.05, 4.69) is 11.3 Å². The summed E-state index contributed by atoms with van der Waals surface area (Å²) in [5.41, 5.74) is 2.66. The van der Waals surface area contributed by atoms with E-state index in [-0.39, 0.29) is 12.1 Å². The molecule has 2 unspecified atom stereocenters. The van der Waals surface area contributed by atoms with Gasteiger partial charge in [-0.3, -0.25) is 11.3 Å². The molecule has 1 aliphatic heterocycles. The molecule has 1 heterocycles. The van der Waals surface area contributed by atoms with Gasteiger partial charge in [-0.2, -0.15) is 0 Å². The van der Waals surface area contributed by atoms with Crippen LogP contribution >= 0.6 is 0 Å². The maximum Gasteiger partial charge on any atom is 0.161 e. The largest absolute Gasteiger partial charge is 0.486 e. The summed E-state index contributed by atoms with van der Waals surface area (Å²) < 4.78 is 11.4. The fourth-order valence-corrected chi connectivity index (χ4v) is 1.66. The monoisotopic (exact) mass is 218 g/mol. The minimum absolute atomic E-state index is 0.0987. The lowest BCUT2D eigenvalue weighted by Gasteiger charge is -2.30. The molecule has 2 rings (SSSR count). The van der Waals surface area contributed by atoms with Gasteiger partial charge in [0.25, 0.3) is 0 Å². The van der Waals surface area contributed by atoms with Crippen molar-refractivity contribution in [3.05, 3.63) is 24.3 Å². The Morgan fingerprint density at radius 1 is 1.50 bits per heavy atom. The molecule has 0 saturated carbocycles. The second-order valence-electron chi connectivity index (χ2n) is 3.60. The van der Waals surface area contributed by atoms with E-state index in [0.717, 1.165) is 11.5 Å². The number of nitrogens with two attached hydrogens (primary N) is 1. The lowest BCUT2D eigenvalue weighted by Crippen LogP contribution is -2.50. The van der Waals surface area contributed by atoms with Crippen LogP contribution in [0.5, 0.6) is 11.5 Å². The molecule has 0 aliphatic carbocycles. The number of nitrogens with one attached hydrogen (secondary N) is 1. The summed E-state index contributed by atoms with van der Waals surface area (Å²) in [6, 6.07) is 7.44. The molecule has 0 spiro atoms. The van der Waals surface area contributed by atoms with Crippen molar-refractivity contribution in [3.63, 3.8) is 0 Å². The van der Waals surface area contributed by atoms with Crippen LogP contribution in [0.4, 0.5) is 0 Å². The molecule has 0 fully saturated rings. The topological polar surface area (TPSA) is 56.5 Å². The lowest BCUT2D eigenvalue weighted by atomic mass is 10.1. The number of hydrogen-bond donors (Lipinski definition) is 2. The van der Waals surface area contributed by atoms with Gasteiger partial charge in [0.2, 0.25) is 0 Å². The van der Waals surface area contributed by atoms with E-state index < -0.39 is 0 Å². The molecule has 0 amide bonds. The van der Waals surface area contributed by atoms with Gasteiger partial charge in [0.05, 0.1) is 6.04 Å². The van der Waals surface area contributed by atoms with Gasteiger partial charge in [-0.1, -0.05) is 12.1 Å². The Kier molecular flexibility index (Phi) is 3.30. The number of rotatable bonds is 3. The van der Waals surface area contributed by atoms with Gasteiger partial charge in [0, 0.05) is 6.42 Å². The minimum atomic E-state index is -0.157. The molecule has 1 aliphatic rings. The van der Waals surface area contributed by atoms with E-state index >= 15 is 0 Å². The molecule has 0 radical (unpaired) electrons. The van der Waals surface area contributed by atoms with Crippen LogP contribution in [0, 0.1) is 12.3 Å². The molecule has 4 heteroatoms. The molecule has 0 saturated heterocycles. The third-order valence-corrected chi connectivity index (χ3v) is 2.53. The summed E-state index contributed by atoms with van der Waals surface area (Å²) in [6.45, 7) is 0.452. The van der Waals surface area contributed by atoms with Crippen LogP contribution in [0.25, 0.3) is 0 Å². The molecule has 3 N–H and O–H groups in total. The predicted molar refractivity (Wildman–Crippen MR) is 60.9 cm³/mol. The maximum atomic E-state index is 5.77. The van der Waals surface area contributed by atoms with Crippen molar-refractivity contribution in [2.24, 2.45) is 5.84 Å². The highest BCUT2D eigenvalue weighted by Crippen LogP contribution is 2.31. The van der Waals surface area contributed by atoms with Gasteiger partial charge in [0.1, 0.15) is 6.61 Å². The Morgan fingerprint density at radius 3 is 2.94 bits per heavy atom. The number of benzene rings is 1. The molecule has 16 heavy (non-hydrogen) atoms. The molecule has 4 nitrogen and oxygen atoms in total. The second kappa shape index (κ2) is 4.88. The number of ether oxygens (including phenoxy) is 2. The van der Waals surface area contributed by atoms with Crippen LogP contribution in [0.2, 0.25) is 0 Å². The average Bonchev–Trinajstić information content (AvgIpc) is 2.35. The third-order valence-electron chi connectivity index (χ3n) is 2.53. The van der Waals surface area contributed by atoms with Crippen molar-refractivity contribution in [2.75, 3.05) is 6.61 Å². The summed E-state index contributed by atoms with van der Waals surface area (Å²) in [4.78, 5) is 0. The molecule has 0 aromatic heterocycles. The van der Waals surface area contributed by atoms with E-state index in [0.29, 0.717) is 13.0 Å². The first-order valence-corrected chi connectivity index (χ1v) is 5.13. The first kappa shape index (κ1) is 10.8. The highest BCUT2D eigenvalue weighted by atomic mass is 16.6. The molecular weight excluding hydrogens is 204 g/mol. The smallest absolute Gasteiger partial charge is 0.161 e. The summed E-state index contributed by atoms with van der Waals surface area (Å²) in [5.74, 6) is 9.48. The molecule has 84 valence electrons. The van der Waals surface area contributed by atoms with Crippen molar-refractivity contribution in [1.29, 1.82) is 0 Å². The molecule has 1 aromatic carbocycles. The number of hydrogen-bond acceptors (Lipinski definition) is 4. The Balaban J connectivity index is 2.10. The van der Waals surface area contributed by atoms with E-state index in [1.165, 1.54) is 0 Å². The first-order chi connectivity index (χ1) is 7.85. The Bertz CT molecular complexity index is 400. The first-order valence-electron chi connectivity index (χ1n) is 5.13. The summed E-state index contributed by atoms with van der Waals surface area (Å²) in [7, 11) is 0. The zero-order valence-electron chi connectivity index (χ0n) is 8.85. The van der Waals surface area contributed by atoms with Crippen LogP contribution in [0.1, 0.15) is 6.42 Å². The van der Waals surface area contributed by atoms with E-state index in [9.17, 15) is 0 Å². The van der Waals surface area contributed by atoms with Crippen molar-refractivity contribution in [3.8, 4) is 23.8 Å². The fraction of sp³-hybridized carbons (Fsp3) is 0.333. The zero-order valence-corrected chi connectivity index (χ0v) is 8.85. The Morgan fingerprint density at radius 2 is 2.25 bits per heavy atom. The van der Waals surface area contributed by atoms with Crippen LogP contribution in [0.3, 0.4) is 0 Å². The summed E-state index contributed by atoms with van der Waals surface area (Å²) in [5, 5.41) is 0. The zero-order chi connectivity index (χ0) is 11.4. The number of hydrazine groups is 1. The highest BCUT2D eigenvalue weighted by molar-refractivity contribution is 5.40. The van der Waals surface area contributed by atoms with Crippen molar-refractivity contribution in [2.45, 2.75) is 18.6 Å². The number of para-hydroxylation sites is 2. The van der Waals surface area contributed by atoms with Gasteiger partial charge < -0.3 is 9.47 Å². The predicted octanol–water partition coefficient (Wildman–Crippen LogP) is 0.682. The Labute approximate surface area is 94.7 Å². The van der Waals surface area contributed by atoms with E-state index in [1.54, 1.807) is 0 Å². The van der Waals surface area contributed by atoms with Gasteiger partial charge in [0.15, 0.2) is 17.6 Å². The highest BCUT2D eigenvalue weighted by Gasteiger charge is 2.27. The average molecular weight is 218 g/mol. The number of terminal acetylenes is 1. The van der Waals surface area contributed by atoms with Gasteiger partial charge in [-0.15, -0.1) is 12.3 Å². The number of fused-ring (bicyclic) bond motifs is 1. The third kappa shape index (κ3) is 2.11. The van der Waals surface area contributed by atoms with Gasteiger partial charge >= 0.3 is 0 Å². The quantitative estimate of drug-likeness (QED) is 0.445. The second-order valence-corrected chi connectivity index (χ2v) is 3.60. The minimum Gasteiger partial charge on any atom is -0.486 e. The fourth-order valence-electron chi connectivity index (χ4n) is 1.66. The molecule has 1 aromatic rings. The van der Waals surface area contributed by atoms with Gasteiger partial charge in [-0.05, 0) is 12.1 Å². The SMILES string of the molecule is C#CCC(NN)C1COc2ccccc2O1. The normalized spacial score (nSPS) is 19.9. The van der Waals surface area contributed by atoms with Crippen LogP contribution < -0.4 is 20.7 Å². The van der Waals surface area contributed by atoms with E-state index in [4.69, 9.17) is 21.7 Å². The maximum absolute atomic E-state index is 5.77. The standard InChI is InChI=1S/C12H14N2O2/c1-2-5-9(14-13)12-8-15-10-6-3-4-7-11(10)16-12/h1,3-4,6-7,9,12,14H,5,8,13H2. The van der Waals surface area contributed by atoms with Crippen LogP contribution in [0.15, 0.2) is 24.3 Å². The van der Waals surface area contributed by atoms with E-state index in [1.807, 2.05) is 24.3 Å². The lowest BCUT2D eigenvalue weighted by molar-refractivity contribution is 0.0632. The van der Waals surface area contributed by atoms with Crippen LogP contribution in [-0.2, 0) is 0 Å². The van der Waals surface area contributed by atoms with Crippen LogP contribution in [-0.4, -0.2) is 18.8 Å². The van der Waals surface area contributed by atoms with Crippen molar-refractivity contribution < 1.29 is 9.47 Å². The summed E-state index contributed by atoms with van der Waals surface area (Å²) in [6.07, 6.45) is 5.61. The molecular formula is C12H14N2O2. The molecule has 0 bridgehead atoms. The summed E-state index contributed by atoms with van der Waals surface area (Å²) >= 11 is 0. The van der Waals surface area contributed by atoms with Crippen molar-refractivity contribution >= 4 is 0 Å². The van der Waals surface area contributed by atoms with Crippen molar-refractivity contribution in [1.82, 2.24) is 5.43 Å².